The number of amides is 1. The molecular weight excluding hydrogens is 292 g/mol. The highest BCUT2D eigenvalue weighted by atomic mass is 32.2. The molecule has 2 heterocycles. The van der Waals surface area contributed by atoms with Gasteiger partial charge in [0, 0.05) is 17.8 Å². The molecule has 1 atom stereocenters. The Hall–Kier alpha value is -0.950. The van der Waals surface area contributed by atoms with Crippen LogP contribution in [-0.2, 0) is 0 Å². The van der Waals surface area contributed by atoms with E-state index in [1.165, 1.54) is 49.2 Å². The molecule has 7 heteroatoms. The number of nitrogens with two attached hydrogens (primary N) is 1. The minimum absolute atomic E-state index is 0.0879. The van der Waals surface area contributed by atoms with Crippen molar-refractivity contribution in [1.29, 1.82) is 0 Å². The van der Waals surface area contributed by atoms with Crippen LogP contribution in [0.25, 0.3) is 0 Å². The highest BCUT2D eigenvalue weighted by molar-refractivity contribution is 7.99. The average molecular weight is 312 g/mol. The Kier molecular flexibility index (Phi) is 4.35. The van der Waals surface area contributed by atoms with Gasteiger partial charge in [-0.2, -0.15) is 11.8 Å². The summed E-state index contributed by atoms with van der Waals surface area (Å²) in [5, 5.41) is 7.59. The second-order valence-electron chi connectivity index (χ2n) is 5.35. The van der Waals surface area contributed by atoms with Crippen LogP contribution in [0.1, 0.15) is 41.8 Å². The second-order valence-corrected chi connectivity index (χ2v) is 7.76. The Bertz CT molecular complexity index is 481. The van der Waals surface area contributed by atoms with Crippen LogP contribution in [0.15, 0.2) is 0 Å². The molecule has 3 rings (SSSR count). The van der Waals surface area contributed by atoms with Gasteiger partial charge in [0.15, 0.2) is 5.13 Å². The van der Waals surface area contributed by atoms with E-state index in [0.717, 1.165) is 11.7 Å². The average Bonchev–Trinajstić information content (AvgIpc) is 3.19. The molecule has 1 aliphatic carbocycles. The minimum Gasteiger partial charge on any atom is -0.382 e. The second kappa shape index (κ2) is 6.22. The number of aromatic nitrogens is 1. The topological polar surface area (TPSA) is 80.0 Å². The number of thioether (sulfide) groups is 1. The zero-order valence-corrected chi connectivity index (χ0v) is 13.0. The van der Waals surface area contributed by atoms with E-state index >= 15 is 0 Å². The first-order valence-electron chi connectivity index (χ1n) is 7.15. The molecule has 5 nitrogen and oxygen atoms in total. The van der Waals surface area contributed by atoms with Crippen molar-refractivity contribution >= 4 is 40.0 Å². The van der Waals surface area contributed by atoms with Crippen LogP contribution < -0.4 is 16.4 Å². The van der Waals surface area contributed by atoms with Crippen LogP contribution in [0.3, 0.4) is 0 Å². The van der Waals surface area contributed by atoms with Gasteiger partial charge in [0.2, 0.25) is 0 Å². The molecule has 1 amide bonds. The van der Waals surface area contributed by atoms with Gasteiger partial charge in [0.25, 0.3) is 5.91 Å². The number of thiazole rings is 1. The van der Waals surface area contributed by atoms with Crippen molar-refractivity contribution in [1.82, 2.24) is 10.3 Å². The van der Waals surface area contributed by atoms with Gasteiger partial charge in [-0.05, 0) is 31.4 Å². The molecule has 0 bridgehead atoms. The molecule has 1 unspecified atom stereocenters. The smallest absolute Gasteiger partial charge is 0.265 e. The van der Waals surface area contributed by atoms with Crippen molar-refractivity contribution < 1.29 is 4.79 Å². The molecule has 20 heavy (non-hydrogen) atoms. The molecule has 1 saturated heterocycles. The summed E-state index contributed by atoms with van der Waals surface area (Å²) in [5.74, 6) is 1.46. The molecule has 110 valence electrons. The number of anilines is 2. The Balaban J connectivity index is 1.54. The van der Waals surface area contributed by atoms with Crippen LogP contribution >= 0.6 is 23.1 Å². The van der Waals surface area contributed by atoms with Crippen LogP contribution in [-0.4, -0.2) is 34.5 Å². The summed E-state index contributed by atoms with van der Waals surface area (Å²) in [6.07, 6.45) is 6.12. The summed E-state index contributed by atoms with van der Waals surface area (Å²) in [7, 11) is 0. The predicted molar refractivity (Wildman–Crippen MR) is 85.6 cm³/mol. The Morgan fingerprint density at radius 1 is 1.35 bits per heavy atom. The molecule has 1 aliphatic heterocycles. The highest BCUT2D eigenvalue weighted by Gasteiger charge is 2.24. The van der Waals surface area contributed by atoms with Gasteiger partial charge in [0.1, 0.15) is 10.7 Å². The first-order chi connectivity index (χ1) is 9.72. The van der Waals surface area contributed by atoms with E-state index in [9.17, 15) is 4.79 Å². The van der Waals surface area contributed by atoms with Crippen LogP contribution in [0.4, 0.5) is 10.9 Å². The predicted octanol–water partition coefficient (Wildman–Crippen LogP) is 2.32. The Morgan fingerprint density at radius 3 is 2.90 bits per heavy atom. The maximum Gasteiger partial charge on any atom is 0.265 e. The molecule has 0 aromatic carbocycles. The quantitative estimate of drug-likeness (QED) is 0.777. The van der Waals surface area contributed by atoms with Gasteiger partial charge in [0.05, 0.1) is 0 Å². The summed E-state index contributed by atoms with van der Waals surface area (Å²) in [6.45, 7) is 0.728. The van der Waals surface area contributed by atoms with Crippen LogP contribution in [0.2, 0.25) is 0 Å². The third-order valence-corrected chi connectivity index (χ3v) is 5.93. The number of carbonyl (C=O) groups is 1. The van der Waals surface area contributed by atoms with E-state index in [1.54, 1.807) is 0 Å². The monoisotopic (exact) mass is 312 g/mol. The summed E-state index contributed by atoms with van der Waals surface area (Å²) in [4.78, 5) is 16.9. The van der Waals surface area contributed by atoms with Crippen molar-refractivity contribution in [3.05, 3.63) is 4.88 Å². The van der Waals surface area contributed by atoms with Gasteiger partial charge < -0.3 is 16.4 Å². The largest absolute Gasteiger partial charge is 0.382 e. The fraction of sp³-hybridized carbons (Fsp3) is 0.692. The number of nitrogens with zero attached hydrogens (tertiary/aromatic N) is 1. The van der Waals surface area contributed by atoms with Crippen molar-refractivity contribution in [3.8, 4) is 0 Å². The maximum atomic E-state index is 12.2. The molecular formula is C13H20N4OS2. The lowest BCUT2D eigenvalue weighted by Gasteiger charge is -2.21. The normalized spacial score (nSPS) is 22.5. The highest BCUT2D eigenvalue weighted by Crippen LogP contribution is 2.30. The molecule has 4 N–H and O–H groups in total. The molecule has 1 aromatic rings. The van der Waals surface area contributed by atoms with Crippen LogP contribution in [0, 0.1) is 0 Å². The molecule has 1 aromatic heterocycles. The number of nitrogen functional groups attached to an aromatic ring is 1. The number of carbonyl (C=O) groups excluding carboxylic acids is 1. The molecule has 2 aliphatic rings. The van der Waals surface area contributed by atoms with Gasteiger partial charge in [-0.1, -0.05) is 17.8 Å². The number of hydrogen-bond acceptors (Lipinski definition) is 6. The van der Waals surface area contributed by atoms with E-state index in [-0.39, 0.29) is 5.91 Å². The standard InChI is InChI=1S/C13H20N4OS2/c14-11-10(20-13(17-11)16-8-4-5-8)12(18)15-7-9-3-1-2-6-19-9/h8-9H,1-7,14H2,(H,15,18)(H,16,17). The Morgan fingerprint density at radius 2 is 2.20 bits per heavy atom. The lowest BCUT2D eigenvalue weighted by Crippen LogP contribution is -2.31. The molecule has 0 radical (unpaired) electrons. The number of hydrogen-bond donors (Lipinski definition) is 3. The summed E-state index contributed by atoms with van der Waals surface area (Å²) in [5.41, 5.74) is 5.84. The first kappa shape index (κ1) is 14.0. The van der Waals surface area contributed by atoms with Crippen LogP contribution in [0.5, 0.6) is 0 Å². The number of rotatable bonds is 5. The van der Waals surface area contributed by atoms with Gasteiger partial charge in [-0.25, -0.2) is 4.98 Å². The Labute approximate surface area is 127 Å². The van der Waals surface area contributed by atoms with E-state index < -0.39 is 0 Å². The van der Waals surface area contributed by atoms with E-state index in [1.807, 2.05) is 11.8 Å². The summed E-state index contributed by atoms with van der Waals surface area (Å²) in [6, 6.07) is 0.523. The van der Waals surface area contributed by atoms with E-state index in [0.29, 0.717) is 22.0 Å². The van der Waals surface area contributed by atoms with Gasteiger partial charge >= 0.3 is 0 Å². The van der Waals surface area contributed by atoms with Crippen molar-refractivity contribution in [2.24, 2.45) is 0 Å². The third-order valence-electron chi connectivity index (χ3n) is 3.53. The molecule has 1 saturated carbocycles. The minimum atomic E-state index is -0.0879. The van der Waals surface area contributed by atoms with Crippen molar-refractivity contribution in [2.75, 3.05) is 23.3 Å². The number of nitrogens with one attached hydrogen (secondary N) is 2. The van der Waals surface area contributed by atoms with Gasteiger partial charge in [-0.15, -0.1) is 0 Å². The first-order valence-corrected chi connectivity index (χ1v) is 9.01. The van der Waals surface area contributed by atoms with Crippen molar-refractivity contribution in [2.45, 2.75) is 43.4 Å². The fourth-order valence-electron chi connectivity index (χ4n) is 2.21. The van der Waals surface area contributed by atoms with E-state index in [2.05, 4.69) is 15.6 Å². The summed E-state index contributed by atoms with van der Waals surface area (Å²) >= 11 is 3.31. The fourth-order valence-corrected chi connectivity index (χ4v) is 4.33. The SMILES string of the molecule is Nc1nc(NC2CC2)sc1C(=O)NCC1CCCCS1. The zero-order chi connectivity index (χ0) is 13.9. The third kappa shape index (κ3) is 3.58. The lowest BCUT2D eigenvalue weighted by molar-refractivity contribution is 0.0958. The zero-order valence-electron chi connectivity index (χ0n) is 11.4. The van der Waals surface area contributed by atoms with Crippen molar-refractivity contribution in [3.63, 3.8) is 0 Å². The van der Waals surface area contributed by atoms with Gasteiger partial charge in [-0.3, -0.25) is 4.79 Å². The maximum absolute atomic E-state index is 12.2. The van der Waals surface area contributed by atoms with E-state index in [4.69, 9.17) is 5.73 Å². The lowest BCUT2D eigenvalue weighted by atomic mass is 10.2. The summed E-state index contributed by atoms with van der Waals surface area (Å²) < 4.78 is 0. The molecule has 0 spiro atoms. The molecule has 2 fully saturated rings.